The molecule has 3 nitrogen and oxygen atoms in total. The first kappa shape index (κ1) is 12.8. The van der Waals surface area contributed by atoms with Crippen LogP contribution in [0.15, 0.2) is 49.1 Å². The molecule has 1 N–H and O–H groups in total. The van der Waals surface area contributed by atoms with Gasteiger partial charge in [-0.25, -0.2) is 4.98 Å². The lowest BCUT2D eigenvalue weighted by molar-refractivity contribution is 0.406. The normalized spacial score (nSPS) is 14.3. The molecule has 2 unspecified atom stereocenters. The van der Waals surface area contributed by atoms with Gasteiger partial charge in [-0.05, 0) is 18.9 Å². The Morgan fingerprint density at radius 1 is 1.28 bits per heavy atom. The van der Waals surface area contributed by atoms with E-state index in [1.54, 1.807) is 0 Å². The molecule has 2 rings (SSSR count). The first-order valence-electron chi connectivity index (χ1n) is 6.56. The van der Waals surface area contributed by atoms with Crippen molar-refractivity contribution >= 4 is 0 Å². The summed E-state index contributed by atoms with van der Waals surface area (Å²) < 4.78 is 2.11. The van der Waals surface area contributed by atoms with Gasteiger partial charge in [0.05, 0.1) is 6.33 Å². The number of nitrogens with zero attached hydrogens (tertiary/aromatic N) is 2. The highest BCUT2D eigenvalue weighted by atomic mass is 15.1. The van der Waals surface area contributed by atoms with Crippen molar-refractivity contribution < 1.29 is 0 Å². The number of hydrogen-bond acceptors (Lipinski definition) is 2. The second-order valence-corrected chi connectivity index (χ2v) is 4.70. The molecule has 1 heterocycles. The van der Waals surface area contributed by atoms with Crippen molar-refractivity contribution in [3.8, 4) is 0 Å². The van der Waals surface area contributed by atoms with Gasteiger partial charge in [0.25, 0.3) is 0 Å². The highest BCUT2D eigenvalue weighted by Gasteiger charge is 2.12. The third-order valence-corrected chi connectivity index (χ3v) is 3.14. The number of aromatic nitrogens is 2. The summed E-state index contributed by atoms with van der Waals surface area (Å²) in [6, 6.07) is 11.5. The monoisotopic (exact) mass is 243 g/mol. The maximum Gasteiger partial charge on any atom is 0.0946 e. The minimum absolute atomic E-state index is 0.421. The topological polar surface area (TPSA) is 29.9 Å². The molecule has 0 bridgehead atoms. The van der Waals surface area contributed by atoms with Crippen LogP contribution >= 0.6 is 0 Å². The Hall–Kier alpha value is -1.61. The summed E-state index contributed by atoms with van der Waals surface area (Å²) in [4.78, 5) is 4.07. The summed E-state index contributed by atoms with van der Waals surface area (Å²) in [6.07, 6.45) is 6.78. The maximum atomic E-state index is 4.07. The Balaban J connectivity index is 1.94. The molecule has 2 atom stereocenters. The van der Waals surface area contributed by atoms with Gasteiger partial charge in [0, 0.05) is 31.0 Å². The lowest BCUT2D eigenvalue weighted by atomic mass is 10.0. The fourth-order valence-electron chi connectivity index (χ4n) is 2.24. The van der Waals surface area contributed by atoms with Crippen molar-refractivity contribution in [2.24, 2.45) is 0 Å². The quantitative estimate of drug-likeness (QED) is 0.845. The van der Waals surface area contributed by atoms with E-state index in [0.29, 0.717) is 12.1 Å². The molecule has 0 saturated carbocycles. The van der Waals surface area contributed by atoms with Crippen LogP contribution in [0.2, 0.25) is 0 Å². The molecular weight excluding hydrogens is 222 g/mol. The molecule has 0 aliphatic rings. The molecule has 0 aliphatic carbocycles. The molecule has 0 spiro atoms. The van der Waals surface area contributed by atoms with Crippen LogP contribution in [0, 0.1) is 0 Å². The third kappa shape index (κ3) is 3.44. The van der Waals surface area contributed by atoms with Gasteiger partial charge in [-0.3, -0.25) is 0 Å². The molecule has 18 heavy (non-hydrogen) atoms. The lowest BCUT2D eigenvalue weighted by Gasteiger charge is -2.23. The zero-order valence-electron chi connectivity index (χ0n) is 11.1. The van der Waals surface area contributed by atoms with Crippen LogP contribution in [-0.2, 0) is 6.54 Å². The Morgan fingerprint density at radius 3 is 2.67 bits per heavy atom. The second-order valence-electron chi connectivity index (χ2n) is 4.70. The van der Waals surface area contributed by atoms with Crippen LogP contribution < -0.4 is 5.32 Å². The van der Waals surface area contributed by atoms with E-state index in [1.807, 2.05) is 18.7 Å². The molecule has 0 amide bonds. The maximum absolute atomic E-state index is 4.07. The lowest BCUT2D eigenvalue weighted by Crippen LogP contribution is -2.33. The third-order valence-electron chi connectivity index (χ3n) is 3.14. The number of imidazole rings is 1. The molecule has 3 heteroatoms. The summed E-state index contributed by atoms with van der Waals surface area (Å²) in [5.41, 5.74) is 1.36. The van der Waals surface area contributed by atoms with E-state index in [1.165, 1.54) is 5.56 Å². The Morgan fingerprint density at radius 2 is 2.06 bits per heavy atom. The summed E-state index contributed by atoms with van der Waals surface area (Å²) >= 11 is 0. The predicted molar refractivity (Wildman–Crippen MR) is 74.3 cm³/mol. The Labute approximate surface area is 109 Å². The zero-order chi connectivity index (χ0) is 12.8. The largest absolute Gasteiger partial charge is 0.336 e. The summed E-state index contributed by atoms with van der Waals surface area (Å²) in [7, 11) is 0. The summed E-state index contributed by atoms with van der Waals surface area (Å²) in [5.74, 6) is 0. The predicted octanol–water partition coefficient (Wildman–Crippen LogP) is 3.01. The minimum Gasteiger partial charge on any atom is -0.336 e. The van der Waals surface area contributed by atoms with E-state index in [0.717, 1.165) is 13.0 Å². The van der Waals surface area contributed by atoms with Crippen molar-refractivity contribution in [2.45, 2.75) is 38.9 Å². The average molecular weight is 243 g/mol. The standard InChI is InChI=1S/C15H21N3/c1-3-15(14-7-5-4-6-8-14)17-13(2)11-18-10-9-16-12-18/h4-10,12-13,15,17H,3,11H2,1-2H3. The first-order valence-corrected chi connectivity index (χ1v) is 6.56. The van der Waals surface area contributed by atoms with E-state index in [4.69, 9.17) is 0 Å². The molecule has 96 valence electrons. The number of hydrogen-bond donors (Lipinski definition) is 1. The van der Waals surface area contributed by atoms with E-state index < -0.39 is 0 Å². The SMILES string of the molecule is CCC(NC(C)Cn1ccnc1)c1ccccc1. The van der Waals surface area contributed by atoms with E-state index in [9.17, 15) is 0 Å². The van der Waals surface area contributed by atoms with Crippen LogP contribution in [0.1, 0.15) is 31.9 Å². The van der Waals surface area contributed by atoms with Gasteiger partial charge >= 0.3 is 0 Å². The fourth-order valence-corrected chi connectivity index (χ4v) is 2.24. The van der Waals surface area contributed by atoms with Crippen LogP contribution in [0.4, 0.5) is 0 Å². The highest BCUT2D eigenvalue weighted by Crippen LogP contribution is 2.16. The first-order chi connectivity index (χ1) is 8.79. The van der Waals surface area contributed by atoms with Crippen LogP contribution in [0.5, 0.6) is 0 Å². The van der Waals surface area contributed by atoms with Crippen LogP contribution in [-0.4, -0.2) is 15.6 Å². The smallest absolute Gasteiger partial charge is 0.0946 e. The van der Waals surface area contributed by atoms with Gasteiger partial charge in [0.1, 0.15) is 0 Å². The average Bonchev–Trinajstić information content (AvgIpc) is 2.90. The van der Waals surface area contributed by atoms with Crippen molar-refractivity contribution in [2.75, 3.05) is 0 Å². The van der Waals surface area contributed by atoms with Crippen molar-refractivity contribution in [3.05, 3.63) is 54.6 Å². The Bertz CT molecular complexity index is 436. The van der Waals surface area contributed by atoms with Gasteiger partial charge in [-0.1, -0.05) is 37.3 Å². The van der Waals surface area contributed by atoms with Gasteiger partial charge in [-0.2, -0.15) is 0 Å². The molecular formula is C15H21N3. The number of nitrogens with one attached hydrogen (secondary N) is 1. The van der Waals surface area contributed by atoms with Gasteiger partial charge in [-0.15, -0.1) is 0 Å². The molecule has 0 radical (unpaired) electrons. The molecule has 1 aromatic heterocycles. The van der Waals surface area contributed by atoms with Gasteiger partial charge in [0.15, 0.2) is 0 Å². The van der Waals surface area contributed by atoms with Crippen molar-refractivity contribution in [1.29, 1.82) is 0 Å². The molecule has 0 aliphatic heterocycles. The zero-order valence-corrected chi connectivity index (χ0v) is 11.1. The minimum atomic E-state index is 0.421. The Kier molecular flexibility index (Phi) is 4.53. The van der Waals surface area contributed by atoms with Gasteiger partial charge < -0.3 is 9.88 Å². The van der Waals surface area contributed by atoms with Crippen molar-refractivity contribution in [1.82, 2.24) is 14.9 Å². The number of benzene rings is 1. The van der Waals surface area contributed by atoms with E-state index >= 15 is 0 Å². The molecule has 1 aromatic carbocycles. The fraction of sp³-hybridized carbons (Fsp3) is 0.400. The van der Waals surface area contributed by atoms with E-state index in [-0.39, 0.29) is 0 Å². The van der Waals surface area contributed by atoms with E-state index in [2.05, 4.69) is 59.0 Å². The highest BCUT2D eigenvalue weighted by molar-refractivity contribution is 5.18. The second kappa shape index (κ2) is 6.36. The number of rotatable bonds is 6. The van der Waals surface area contributed by atoms with Crippen LogP contribution in [0.25, 0.3) is 0 Å². The van der Waals surface area contributed by atoms with Crippen LogP contribution in [0.3, 0.4) is 0 Å². The molecule has 2 aromatic rings. The van der Waals surface area contributed by atoms with Crippen molar-refractivity contribution in [3.63, 3.8) is 0 Å². The molecule has 0 saturated heterocycles. The summed E-state index contributed by atoms with van der Waals surface area (Å²) in [6.45, 7) is 5.38. The summed E-state index contributed by atoms with van der Waals surface area (Å²) in [5, 5.41) is 3.67. The van der Waals surface area contributed by atoms with Gasteiger partial charge in [0.2, 0.25) is 0 Å². The molecule has 0 fully saturated rings.